The number of piperidine rings is 1. The summed E-state index contributed by atoms with van der Waals surface area (Å²) in [4.78, 5) is 4.59. The molecule has 1 aliphatic carbocycles. The average Bonchev–Trinajstić information content (AvgIpc) is 2.45. The molecule has 0 radical (unpaired) electrons. The Balaban J connectivity index is 1.55. The fourth-order valence-electron chi connectivity index (χ4n) is 3.61. The lowest BCUT2D eigenvalue weighted by Gasteiger charge is -2.41. The summed E-state index contributed by atoms with van der Waals surface area (Å²) >= 11 is 6.16. The Morgan fingerprint density at radius 2 is 2.32 bits per heavy atom. The van der Waals surface area contributed by atoms with E-state index < -0.39 is 0 Å². The highest BCUT2D eigenvalue weighted by atomic mass is 35.5. The number of allylic oxidation sites excluding steroid dienone is 1. The van der Waals surface area contributed by atoms with E-state index >= 15 is 0 Å². The van der Waals surface area contributed by atoms with Crippen LogP contribution in [0.5, 0.6) is 0 Å². The van der Waals surface area contributed by atoms with Crippen molar-refractivity contribution in [2.24, 2.45) is 10.9 Å². The van der Waals surface area contributed by atoms with Crippen LogP contribution in [0.3, 0.4) is 0 Å². The minimum absolute atomic E-state index is 0.474. The van der Waals surface area contributed by atoms with E-state index in [4.69, 9.17) is 11.6 Å². The second-order valence-electron chi connectivity index (χ2n) is 6.02. The first kappa shape index (κ1) is 13.6. The van der Waals surface area contributed by atoms with Gasteiger partial charge in [0.2, 0.25) is 0 Å². The summed E-state index contributed by atoms with van der Waals surface area (Å²) in [6.45, 7) is 2.13. The third-order valence-corrected chi connectivity index (χ3v) is 5.01. The molecule has 0 aromatic carbocycles. The molecule has 0 bridgehead atoms. The lowest BCUT2D eigenvalue weighted by molar-refractivity contribution is 0.217. The van der Waals surface area contributed by atoms with Crippen LogP contribution in [0, 0.1) is 5.92 Å². The van der Waals surface area contributed by atoms with Gasteiger partial charge < -0.3 is 10.6 Å². The molecule has 4 atom stereocenters. The van der Waals surface area contributed by atoms with Crippen LogP contribution in [0.4, 0.5) is 0 Å². The molecule has 0 saturated carbocycles. The molecule has 0 aromatic heterocycles. The molecular weight excluding hydrogens is 258 g/mol. The van der Waals surface area contributed by atoms with Gasteiger partial charge in [0, 0.05) is 23.7 Å². The minimum Gasteiger partial charge on any atom is -0.311 e. The highest BCUT2D eigenvalue weighted by Crippen LogP contribution is 2.31. The van der Waals surface area contributed by atoms with Gasteiger partial charge in [-0.15, -0.1) is 0 Å². The summed E-state index contributed by atoms with van der Waals surface area (Å²) in [5.74, 6) is 0.698. The van der Waals surface area contributed by atoms with Gasteiger partial charge in [0.15, 0.2) is 0 Å². The molecule has 0 amide bonds. The van der Waals surface area contributed by atoms with Gasteiger partial charge in [0.05, 0.1) is 6.04 Å². The third-order valence-electron chi connectivity index (χ3n) is 4.69. The predicted molar refractivity (Wildman–Crippen MR) is 81.0 cm³/mol. The van der Waals surface area contributed by atoms with E-state index in [1.165, 1.54) is 25.7 Å². The topological polar surface area (TPSA) is 36.4 Å². The first-order chi connectivity index (χ1) is 9.33. The summed E-state index contributed by atoms with van der Waals surface area (Å²) in [5, 5.41) is 8.40. The zero-order valence-electron chi connectivity index (χ0n) is 11.4. The van der Waals surface area contributed by atoms with Crippen LogP contribution in [0.25, 0.3) is 0 Å². The molecule has 4 heteroatoms. The van der Waals surface area contributed by atoms with Gasteiger partial charge in [-0.25, -0.2) is 0 Å². The number of fused-ring (bicyclic) bond motifs is 1. The lowest BCUT2D eigenvalue weighted by atomic mass is 9.79. The number of halogens is 1. The summed E-state index contributed by atoms with van der Waals surface area (Å²) < 4.78 is 0. The van der Waals surface area contributed by atoms with Crippen molar-refractivity contribution in [2.45, 2.75) is 56.7 Å². The Bertz CT molecular complexity index is 366. The maximum Gasteiger partial charge on any atom is 0.0620 e. The molecule has 19 heavy (non-hydrogen) atoms. The van der Waals surface area contributed by atoms with E-state index in [9.17, 15) is 0 Å². The molecule has 3 nitrogen and oxygen atoms in total. The second kappa shape index (κ2) is 6.38. The molecule has 1 fully saturated rings. The number of nitrogens with zero attached hydrogens (tertiary/aromatic N) is 1. The largest absolute Gasteiger partial charge is 0.311 e. The lowest BCUT2D eigenvalue weighted by Crippen LogP contribution is -2.54. The highest BCUT2D eigenvalue weighted by Gasteiger charge is 2.34. The Morgan fingerprint density at radius 1 is 1.37 bits per heavy atom. The van der Waals surface area contributed by atoms with Gasteiger partial charge in [0.1, 0.15) is 0 Å². The van der Waals surface area contributed by atoms with E-state index in [1.54, 1.807) is 0 Å². The highest BCUT2D eigenvalue weighted by molar-refractivity contribution is 6.29. The van der Waals surface area contributed by atoms with Crippen molar-refractivity contribution in [1.82, 2.24) is 10.6 Å². The Hall–Kier alpha value is -0.380. The van der Waals surface area contributed by atoms with E-state index in [2.05, 4.69) is 27.9 Å². The smallest absolute Gasteiger partial charge is 0.0620 e. The molecule has 1 saturated heterocycles. The monoisotopic (exact) mass is 281 g/mol. The first-order valence-electron chi connectivity index (χ1n) is 7.67. The van der Waals surface area contributed by atoms with E-state index in [1.807, 2.05) is 0 Å². The van der Waals surface area contributed by atoms with Gasteiger partial charge in [-0.05, 0) is 57.2 Å². The Kier molecular flexibility index (Phi) is 4.57. The van der Waals surface area contributed by atoms with Crippen LogP contribution < -0.4 is 10.6 Å². The van der Waals surface area contributed by atoms with Gasteiger partial charge in [-0.1, -0.05) is 17.7 Å². The Labute approximate surface area is 120 Å². The van der Waals surface area contributed by atoms with Gasteiger partial charge in [-0.2, -0.15) is 0 Å². The van der Waals surface area contributed by atoms with Crippen molar-refractivity contribution in [3.63, 3.8) is 0 Å². The van der Waals surface area contributed by atoms with Gasteiger partial charge >= 0.3 is 0 Å². The summed E-state index contributed by atoms with van der Waals surface area (Å²) in [7, 11) is 0. The van der Waals surface area contributed by atoms with E-state index in [-0.39, 0.29) is 0 Å². The number of hydrogen-bond donors (Lipinski definition) is 2. The molecule has 2 heterocycles. The minimum atomic E-state index is 0.474. The molecule has 3 aliphatic rings. The Morgan fingerprint density at radius 3 is 3.16 bits per heavy atom. The molecule has 2 N–H and O–H groups in total. The first-order valence-corrected chi connectivity index (χ1v) is 8.05. The van der Waals surface area contributed by atoms with E-state index in [0.29, 0.717) is 24.0 Å². The van der Waals surface area contributed by atoms with Crippen molar-refractivity contribution in [3.8, 4) is 0 Å². The van der Waals surface area contributed by atoms with Crippen molar-refractivity contribution in [2.75, 3.05) is 13.1 Å². The molecule has 0 aromatic rings. The third kappa shape index (κ3) is 3.39. The quantitative estimate of drug-likeness (QED) is 0.834. The van der Waals surface area contributed by atoms with Gasteiger partial charge in [-0.3, -0.25) is 4.99 Å². The number of aliphatic imine (C=N–C) groups is 1. The maximum absolute atomic E-state index is 6.16. The predicted octanol–water partition coefficient (Wildman–Crippen LogP) is 2.46. The number of nitrogens with one attached hydrogen (secondary N) is 2. The number of hydrogen-bond acceptors (Lipinski definition) is 3. The normalized spacial score (nSPS) is 38.7. The zero-order valence-corrected chi connectivity index (χ0v) is 12.2. The summed E-state index contributed by atoms with van der Waals surface area (Å²) in [6, 6.07) is 1.61. The van der Waals surface area contributed by atoms with E-state index in [0.717, 1.165) is 31.0 Å². The van der Waals surface area contributed by atoms with Crippen molar-refractivity contribution < 1.29 is 0 Å². The van der Waals surface area contributed by atoms with Crippen LogP contribution in [0.2, 0.25) is 0 Å². The SMILES string of the molecule is ClC1=CC2NCCC(NCC3CCCC=N3)C2CC1. The van der Waals surface area contributed by atoms with Crippen molar-refractivity contribution in [3.05, 3.63) is 11.1 Å². The van der Waals surface area contributed by atoms with Crippen LogP contribution >= 0.6 is 11.6 Å². The van der Waals surface area contributed by atoms with Crippen LogP contribution in [-0.2, 0) is 0 Å². The second-order valence-corrected chi connectivity index (χ2v) is 6.50. The van der Waals surface area contributed by atoms with Crippen LogP contribution in [0.15, 0.2) is 16.1 Å². The van der Waals surface area contributed by atoms with Gasteiger partial charge in [0.25, 0.3) is 0 Å². The molecule has 3 rings (SSSR count). The van der Waals surface area contributed by atoms with Crippen molar-refractivity contribution >= 4 is 17.8 Å². The van der Waals surface area contributed by atoms with Crippen LogP contribution in [0.1, 0.15) is 38.5 Å². The van der Waals surface area contributed by atoms with Crippen LogP contribution in [-0.4, -0.2) is 37.4 Å². The fraction of sp³-hybridized carbons (Fsp3) is 0.800. The molecule has 106 valence electrons. The zero-order chi connectivity index (χ0) is 13.1. The standard InChI is InChI=1S/C15H24ClN3/c16-11-4-5-13-14(6-8-18-15(13)9-11)19-10-12-3-1-2-7-17-12/h7,9,12-15,18-19H,1-6,8,10H2. The average molecular weight is 282 g/mol. The van der Waals surface area contributed by atoms with Crippen molar-refractivity contribution in [1.29, 1.82) is 0 Å². The molecule has 4 unspecified atom stereocenters. The number of rotatable bonds is 3. The molecule has 0 spiro atoms. The maximum atomic E-state index is 6.16. The summed E-state index contributed by atoms with van der Waals surface area (Å²) in [6.07, 6.45) is 11.5. The molecular formula is C15H24ClN3. The summed E-state index contributed by atoms with van der Waals surface area (Å²) in [5.41, 5.74) is 0. The molecule has 2 aliphatic heterocycles. The fourth-order valence-corrected chi connectivity index (χ4v) is 3.85.